The molecule has 32 heavy (non-hydrogen) atoms. The van der Waals surface area contributed by atoms with Crippen LogP contribution in [0.2, 0.25) is 0 Å². The third-order valence-electron chi connectivity index (χ3n) is 4.48. The molecule has 0 radical (unpaired) electrons. The molecule has 3 rings (SSSR count). The number of hydrogen-bond acceptors (Lipinski definition) is 7. The number of aliphatic hydroxyl groups is 1. The van der Waals surface area contributed by atoms with Crippen molar-refractivity contribution >= 4 is 5.69 Å². The standard InChI is InChI=1S/C23H29FN4O4/c1-16(2)32-15-21(29)14-25-19-8-10-20(11-9-19)28-22(17-4-6-18(24)7-5-17)26-23(27-28)31-13-12-30-3/h4-11,16,21,25,29H,12-15H2,1-3H3. The van der Waals surface area contributed by atoms with Crippen molar-refractivity contribution in [3.63, 3.8) is 0 Å². The smallest absolute Gasteiger partial charge is 0.336 e. The summed E-state index contributed by atoms with van der Waals surface area (Å²) in [4.78, 5) is 4.46. The van der Waals surface area contributed by atoms with Gasteiger partial charge in [-0.2, -0.15) is 4.98 Å². The maximum Gasteiger partial charge on any atom is 0.336 e. The summed E-state index contributed by atoms with van der Waals surface area (Å²) in [6.45, 7) is 5.22. The van der Waals surface area contributed by atoms with E-state index in [2.05, 4.69) is 15.4 Å². The first-order valence-corrected chi connectivity index (χ1v) is 10.4. The van der Waals surface area contributed by atoms with Crippen LogP contribution < -0.4 is 10.1 Å². The van der Waals surface area contributed by atoms with Gasteiger partial charge in [0.15, 0.2) is 5.82 Å². The first-order valence-electron chi connectivity index (χ1n) is 10.4. The van der Waals surface area contributed by atoms with Gasteiger partial charge in [0.05, 0.1) is 31.1 Å². The number of methoxy groups -OCH3 is 1. The van der Waals surface area contributed by atoms with Crippen LogP contribution in [0.3, 0.4) is 0 Å². The summed E-state index contributed by atoms with van der Waals surface area (Å²) < 4.78 is 31.0. The molecule has 0 saturated carbocycles. The molecular formula is C23H29FN4O4. The van der Waals surface area contributed by atoms with Gasteiger partial charge in [0.2, 0.25) is 0 Å². The lowest BCUT2D eigenvalue weighted by atomic mass is 10.2. The Morgan fingerprint density at radius 2 is 1.78 bits per heavy atom. The third-order valence-corrected chi connectivity index (χ3v) is 4.48. The fourth-order valence-electron chi connectivity index (χ4n) is 2.86. The summed E-state index contributed by atoms with van der Waals surface area (Å²) in [5.41, 5.74) is 2.31. The summed E-state index contributed by atoms with van der Waals surface area (Å²) in [7, 11) is 1.59. The summed E-state index contributed by atoms with van der Waals surface area (Å²) in [5, 5.41) is 17.6. The Morgan fingerprint density at radius 3 is 2.44 bits per heavy atom. The summed E-state index contributed by atoms with van der Waals surface area (Å²) in [6, 6.07) is 13.8. The van der Waals surface area contributed by atoms with Gasteiger partial charge >= 0.3 is 6.01 Å². The van der Waals surface area contributed by atoms with Crippen LogP contribution in [0.15, 0.2) is 48.5 Å². The fourth-order valence-corrected chi connectivity index (χ4v) is 2.86. The van der Waals surface area contributed by atoms with Gasteiger partial charge in [0.1, 0.15) is 12.4 Å². The molecule has 8 nitrogen and oxygen atoms in total. The molecule has 2 N–H and O–H groups in total. The molecule has 1 heterocycles. The van der Waals surface area contributed by atoms with E-state index in [0.717, 1.165) is 11.4 Å². The van der Waals surface area contributed by atoms with Crippen molar-refractivity contribution in [1.82, 2.24) is 14.8 Å². The van der Waals surface area contributed by atoms with Crippen LogP contribution in [0.25, 0.3) is 17.1 Å². The maximum atomic E-state index is 13.4. The fraction of sp³-hybridized carbons (Fsp3) is 0.391. The van der Waals surface area contributed by atoms with E-state index in [9.17, 15) is 9.50 Å². The maximum absolute atomic E-state index is 13.4. The Labute approximate surface area is 187 Å². The molecule has 1 aromatic heterocycles. The Hall–Kier alpha value is -3.01. The van der Waals surface area contributed by atoms with Crippen LogP contribution in [-0.2, 0) is 9.47 Å². The van der Waals surface area contributed by atoms with Crippen molar-refractivity contribution < 1.29 is 23.7 Å². The minimum absolute atomic E-state index is 0.0743. The lowest BCUT2D eigenvalue weighted by molar-refractivity contribution is 0.0112. The van der Waals surface area contributed by atoms with Crippen molar-refractivity contribution in [2.75, 3.05) is 38.8 Å². The zero-order chi connectivity index (χ0) is 22.9. The molecule has 1 unspecified atom stereocenters. The van der Waals surface area contributed by atoms with Gasteiger partial charge in [-0.1, -0.05) is 0 Å². The normalized spacial score (nSPS) is 12.2. The highest BCUT2D eigenvalue weighted by atomic mass is 19.1. The number of rotatable bonds is 12. The van der Waals surface area contributed by atoms with Crippen LogP contribution in [-0.4, -0.2) is 65.6 Å². The van der Waals surface area contributed by atoms with E-state index < -0.39 is 6.10 Å². The average Bonchev–Trinajstić information content (AvgIpc) is 3.21. The predicted octanol–water partition coefficient (Wildman–Crippen LogP) is 3.30. The van der Waals surface area contributed by atoms with Crippen LogP contribution in [0.1, 0.15) is 13.8 Å². The van der Waals surface area contributed by atoms with Gasteiger partial charge in [-0.05, 0) is 62.4 Å². The monoisotopic (exact) mass is 444 g/mol. The molecule has 1 atom stereocenters. The molecule has 2 aromatic carbocycles. The molecule has 0 bridgehead atoms. The summed E-state index contributed by atoms with van der Waals surface area (Å²) in [6.07, 6.45) is -0.533. The van der Waals surface area contributed by atoms with E-state index in [1.54, 1.807) is 23.9 Å². The predicted molar refractivity (Wildman–Crippen MR) is 120 cm³/mol. The van der Waals surface area contributed by atoms with Gasteiger partial charge in [-0.15, -0.1) is 5.10 Å². The largest absolute Gasteiger partial charge is 0.460 e. The lowest BCUT2D eigenvalue weighted by Crippen LogP contribution is -2.26. The number of anilines is 1. The van der Waals surface area contributed by atoms with E-state index in [-0.39, 0.29) is 24.5 Å². The SMILES string of the molecule is COCCOc1nc(-c2ccc(F)cc2)n(-c2ccc(NCC(O)COC(C)C)cc2)n1. The Kier molecular flexibility index (Phi) is 8.55. The summed E-state index contributed by atoms with van der Waals surface area (Å²) in [5.74, 6) is 0.201. The van der Waals surface area contributed by atoms with Crippen molar-refractivity contribution in [1.29, 1.82) is 0 Å². The molecule has 9 heteroatoms. The number of aromatic nitrogens is 3. The minimum atomic E-state index is -0.607. The van der Waals surface area contributed by atoms with Gasteiger partial charge < -0.3 is 24.6 Å². The number of nitrogens with one attached hydrogen (secondary N) is 1. The minimum Gasteiger partial charge on any atom is -0.460 e. The van der Waals surface area contributed by atoms with Gasteiger partial charge in [-0.25, -0.2) is 9.07 Å². The second-order valence-electron chi connectivity index (χ2n) is 7.44. The highest BCUT2D eigenvalue weighted by Crippen LogP contribution is 2.24. The highest BCUT2D eigenvalue weighted by molar-refractivity contribution is 5.59. The molecule has 0 amide bonds. The van der Waals surface area contributed by atoms with E-state index >= 15 is 0 Å². The number of nitrogens with zero attached hydrogens (tertiary/aromatic N) is 3. The molecular weight excluding hydrogens is 415 g/mol. The Morgan fingerprint density at radius 1 is 1.06 bits per heavy atom. The number of aliphatic hydroxyl groups excluding tert-OH is 1. The van der Waals surface area contributed by atoms with E-state index in [0.29, 0.717) is 31.1 Å². The molecule has 0 aliphatic carbocycles. The molecule has 0 saturated heterocycles. The molecule has 0 aliphatic heterocycles. The first-order chi connectivity index (χ1) is 15.5. The topological polar surface area (TPSA) is 90.7 Å². The number of ether oxygens (including phenoxy) is 3. The average molecular weight is 445 g/mol. The van der Waals surface area contributed by atoms with E-state index in [4.69, 9.17) is 14.2 Å². The van der Waals surface area contributed by atoms with Crippen LogP contribution in [0, 0.1) is 5.82 Å². The second kappa shape index (κ2) is 11.6. The van der Waals surface area contributed by atoms with Crippen molar-refractivity contribution in [3.05, 3.63) is 54.3 Å². The molecule has 172 valence electrons. The zero-order valence-corrected chi connectivity index (χ0v) is 18.5. The molecule has 0 aliphatic rings. The molecule has 0 spiro atoms. The lowest BCUT2D eigenvalue weighted by Gasteiger charge is -2.15. The van der Waals surface area contributed by atoms with E-state index in [1.807, 2.05) is 38.1 Å². The second-order valence-corrected chi connectivity index (χ2v) is 7.44. The van der Waals surface area contributed by atoms with Crippen LogP contribution in [0.4, 0.5) is 10.1 Å². The quantitative estimate of drug-likeness (QED) is 0.414. The van der Waals surface area contributed by atoms with Crippen molar-refractivity contribution in [3.8, 4) is 23.1 Å². The number of halogens is 1. The first kappa shape index (κ1) is 23.6. The molecule has 3 aromatic rings. The zero-order valence-electron chi connectivity index (χ0n) is 18.5. The van der Waals surface area contributed by atoms with Crippen molar-refractivity contribution in [2.24, 2.45) is 0 Å². The number of benzene rings is 2. The Bertz CT molecular complexity index is 961. The Balaban J connectivity index is 1.75. The highest BCUT2D eigenvalue weighted by Gasteiger charge is 2.15. The van der Waals surface area contributed by atoms with E-state index in [1.165, 1.54) is 12.1 Å². The van der Waals surface area contributed by atoms with Crippen LogP contribution >= 0.6 is 0 Å². The van der Waals surface area contributed by atoms with Crippen LogP contribution in [0.5, 0.6) is 6.01 Å². The van der Waals surface area contributed by atoms with Gasteiger partial charge in [0, 0.05) is 24.9 Å². The number of hydrogen-bond donors (Lipinski definition) is 2. The van der Waals surface area contributed by atoms with Crippen molar-refractivity contribution in [2.45, 2.75) is 26.1 Å². The van der Waals surface area contributed by atoms with Gasteiger partial charge in [0.25, 0.3) is 0 Å². The third kappa shape index (κ3) is 6.74. The molecule has 0 fully saturated rings. The van der Waals surface area contributed by atoms with Gasteiger partial charge in [-0.3, -0.25) is 0 Å². The summed E-state index contributed by atoms with van der Waals surface area (Å²) >= 11 is 0.